The van der Waals surface area contributed by atoms with Crippen molar-refractivity contribution in [3.05, 3.63) is 22.7 Å². The maximum Gasteiger partial charge on any atom is 0.316 e. The Balaban J connectivity index is 2.43. The first kappa shape index (κ1) is 16.9. The van der Waals surface area contributed by atoms with Crippen LogP contribution in [-0.2, 0) is 14.9 Å². The minimum absolute atomic E-state index is 0.101. The van der Waals surface area contributed by atoms with E-state index < -0.39 is 12.1 Å². The monoisotopic (exact) mass is 329 g/mol. The SMILES string of the molecule is CCOC(=O)C1(c2cc(Cl)c(N)c(OCCF)c2)CCCC1. The number of nitrogens with two attached hydrogens (primary N) is 1. The number of esters is 1. The van der Waals surface area contributed by atoms with Crippen molar-refractivity contribution in [1.29, 1.82) is 0 Å². The first-order valence-electron chi connectivity index (χ1n) is 7.50. The number of rotatable bonds is 6. The summed E-state index contributed by atoms with van der Waals surface area (Å²) in [5.41, 5.74) is 6.16. The van der Waals surface area contributed by atoms with Crippen LogP contribution < -0.4 is 10.5 Å². The number of alkyl halides is 1. The second-order valence-electron chi connectivity index (χ2n) is 5.42. The Morgan fingerprint density at radius 2 is 2.09 bits per heavy atom. The molecule has 0 amide bonds. The van der Waals surface area contributed by atoms with E-state index in [1.165, 1.54) is 0 Å². The summed E-state index contributed by atoms with van der Waals surface area (Å²) in [5, 5.41) is 0.307. The van der Waals surface area contributed by atoms with Gasteiger partial charge in [-0.25, -0.2) is 4.39 Å². The summed E-state index contributed by atoms with van der Waals surface area (Å²) in [6.07, 6.45) is 3.30. The predicted molar refractivity (Wildman–Crippen MR) is 84.1 cm³/mol. The van der Waals surface area contributed by atoms with Crippen molar-refractivity contribution in [1.82, 2.24) is 0 Å². The lowest BCUT2D eigenvalue weighted by atomic mass is 9.78. The number of hydrogen-bond acceptors (Lipinski definition) is 4. The fraction of sp³-hybridized carbons (Fsp3) is 0.562. The highest BCUT2D eigenvalue weighted by atomic mass is 35.5. The molecule has 2 rings (SSSR count). The molecule has 1 fully saturated rings. The minimum atomic E-state index is -0.707. The van der Waals surface area contributed by atoms with E-state index in [9.17, 15) is 9.18 Å². The van der Waals surface area contributed by atoms with Crippen molar-refractivity contribution in [2.45, 2.75) is 38.0 Å². The van der Waals surface area contributed by atoms with Gasteiger partial charge in [-0.2, -0.15) is 0 Å². The van der Waals surface area contributed by atoms with Crippen LogP contribution in [0.3, 0.4) is 0 Å². The largest absolute Gasteiger partial charge is 0.489 e. The first-order valence-corrected chi connectivity index (χ1v) is 7.88. The average molecular weight is 330 g/mol. The Labute approximate surface area is 134 Å². The molecule has 0 saturated heterocycles. The molecule has 1 saturated carbocycles. The van der Waals surface area contributed by atoms with Crippen LogP contribution in [0.25, 0.3) is 0 Å². The molecule has 122 valence electrons. The number of halogens is 2. The van der Waals surface area contributed by atoms with Gasteiger partial charge in [0.15, 0.2) is 0 Å². The van der Waals surface area contributed by atoms with E-state index in [1.54, 1.807) is 19.1 Å². The summed E-state index contributed by atoms with van der Waals surface area (Å²) in [7, 11) is 0. The van der Waals surface area contributed by atoms with Gasteiger partial charge in [-0.05, 0) is 37.5 Å². The first-order chi connectivity index (χ1) is 10.5. The van der Waals surface area contributed by atoms with Crippen molar-refractivity contribution >= 4 is 23.3 Å². The van der Waals surface area contributed by atoms with Gasteiger partial charge in [-0.15, -0.1) is 0 Å². The normalized spacial score (nSPS) is 16.5. The van der Waals surface area contributed by atoms with Crippen molar-refractivity contribution in [2.24, 2.45) is 0 Å². The zero-order valence-corrected chi connectivity index (χ0v) is 13.4. The van der Waals surface area contributed by atoms with Gasteiger partial charge in [-0.3, -0.25) is 4.79 Å². The fourth-order valence-electron chi connectivity index (χ4n) is 3.00. The Morgan fingerprint density at radius 3 is 2.68 bits per heavy atom. The minimum Gasteiger partial charge on any atom is -0.489 e. The van der Waals surface area contributed by atoms with Gasteiger partial charge >= 0.3 is 5.97 Å². The summed E-state index contributed by atoms with van der Waals surface area (Å²) in [4.78, 5) is 12.5. The number of carbonyl (C=O) groups excluding carboxylic acids is 1. The molecule has 1 aromatic carbocycles. The lowest BCUT2D eigenvalue weighted by molar-refractivity contribution is -0.150. The lowest BCUT2D eigenvalue weighted by Gasteiger charge is -2.28. The number of anilines is 1. The molecule has 1 aliphatic rings. The highest BCUT2D eigenvalue weighted by Gasteiger charge is 2.44. The second kappa shape index (κ2) is 7.18. The summed E-state index contributed by atoms with van der Waals surface area (Å²) >= 11 is 6.17. The van der Waals surface area contributed by atoms with E-state index in [-0.39, 0.29) is 18.3 Å². The molecule has 0 bridgehead atoms. The summed E-state index contributed by atoms with van der Waals surface area (Å²) in [6, 6.07) is 3.39. The number of hydrogen-bond donors (Lipinski definition) is 1. The average Bonchev–Trinajstić information content (AvgIpc) is 2.99. The quantitative estimate of drug-likeness (QED) is 0.639. The molecule has 0 spiro atoms. The molecule has 0 unspecified atom stereocenters. The zero-order valence-electron chi connectivity index (χ0n) is 12.7. The summed E-state index contributed by atoms with van der Waals surface area (Å²) in [6.45, 7) is 1.39. The summed E-state index contributed by atoms with van der Waals surface area (Å²) in [5.74, 6) is 0.0699. The van der Waals surface area contributed by atoms with Crippen LogP contribution in [0.1, 0.15) is 38.2 Å². The van der Waals surface area contributed by atoms with Crippen LogP contribution in [0.4, 0.5) is 10.1 Å². The topological polar surface area (TPSA) is 61.5 Å². The number of ether oxygens (including phenoxy) is 2. The van der Waals surface area contributed by atoms with Crippen LogP contribution >= 0.6 is 11.6 Å². The van der Waals surface area contributed by atoms with E-state index in [1.807, 2.05) is 0 Å². The van der Waals surface area contributed by atoms with Gasteiger partial charge in [-0.1, -0.05) is 24.4 Å². The molecule has 0 atom stereocenters. The highest BCUT2D eigenvalue weighted by Crippen LogP contribution is 2.45. The highest BCUT2D eigenvalue weighted by molar-refractivity contribution is 6.33. The molecule has 1 aliphatic carbocycles. The standard InChI is InChI=1S/C16H21ClFNO3/c1-2-21-15(20)16(5-3-4-6-16)11-9-12(17)14(19)13(10-11)22-8-7-18/h9-10H,2-8,19H2,1H3. The predicted octanol–water partition coefficient (Wildman–Crippen LogP) is 3.65. The van der Waals surface area contributed by atoms with Crippen molar-refractivity contribution in [3.8, 4) is 5.75 Å². The molecule has 6 heteroatoms. The molecular weight excluding hydrogens is 309 g/mol. The fourth-order valence-corrected chi connectivity index (χ4v) is 3.21. The van der Waals surface area contributed by atoms with E-state index in [4.69, 9.17) is 26.8 Å². The molecule has 0 heterocycles. The second-order valence-corrected chi connectivity index (χ2v) is 5.82. The maximum absolute atomic E-state index is 12.5. The smallest absolute Gasteiger partial charge is 0.316 e. The molecule has 0 aromatic heterocycles. The molecular formula is C16H21ClFNO3. The van der Waals surface area contributed by atoms with Gasteiger partial charge in [0.05, 0.1) is 22.7 Å². The third kappa shape index (κ3) is 3.14. The van der Waals surface area contributed by atoms with E-state index in [0.29, 0.717) is 30.2 Å². The van der Waals surface area contributed by atoms with Gasteiger partial charge in [0.1, 0.15) is 19.0 Å². The Morgan fingerprint density at radius 1 is 1.41 bits per heavy atom. The van der Waals surface area contributed by atoms with E-state index >= 15 is 0 Å². The molecule has 22 heavy (non-hydrogen) atoms. The lowest BCUT2D eigenvalue weighted by Crippen LogP contribution is -2.34. The van der Waals surface area contributed by atoms with Gasteiger partial charge in [0, 0.05) is 0 Å². The van der Waals surface area contributed by atoms with Crippen molar-refractivity contribution in [2.75, 3.05) is 25.6 Å². The van der Waals surface area contributed by atoms with Crippen LogP contribution in [0.5, 0.6) is 5.75 Å². The third-order valence-corrected chi connectivity index (χ3v) is 4.41. The van der Waals surface area contributed by atoms with E-state index in [0.717, 1.165) is 18.4 Å². The zero-order chi connectivity index (χ0) is 16.2. The molecule has 2 N–H and O–H groups in total. The molecule has 4 nitrogen and oxygen atoms in total. The van der Waals surface area contributed by atoms with Crippen LogP contribution in [0.2, 0.25) is 5.02 Å². The van der Waals surface area contributed by atoms with Gasteiger partial charge in [0.25, 0.3) is 0 Å². The van der Waals surface area contributed by atoms with Gasteiger partial charge < -0.3 is 15.2 Å². The van der Waals surface area contributed by atoms with Crippen LogP contribution in [-0.4, -0.2) is 25.9 Å². The van der Waals surface area contributed by atoms with E-state index in [2.05, 4.69) is 0 Å². The van der Waals surface area contributed by atoms with Crippen LogP contribution in [0.15, 0.2) is 12.1 Å². The molecule has 0 aliphatic heterocycles. The third-order valence-electron chi connectivity index (χ3n) is 4.10. The number of benzene rings is 1. The van der Waals surface area contributed by atoms with Crippen molar-refractivity contribution < 1.29 is 18.7 Å². The van der Waals surface area contributed by atoms with Gasteiger partial charge in [0.2, 0.25) is 0 Å². The molecule has 0 radical (unpaired) electrons. The van der Waals surface area contributed by atoms with Crippen LogP contribution in [0, 0.1) is 0 Å². The summed E-state index contributed by atoms with van der Waals surface area (Å²) < 4.78 is 22.9. The van der Waals surface area contributed by atoms with Crippen molar-refractivity contribution in [3.63, 3.8) is 0 Å². The number of nitrogen functional groups attached to an aromatic ring is 1. The maximum atomic E-state index is 12.5. The Hall–Kier alpha value is -1.49. The molecule has 1 aromatic rings. The Kier molecular flexibility index (Phi) is 5.51. The number of carbonyl (C=O) groups is 1. The Bertz CT molecular complexity index is 544.